The van der Waals surface area contributed by atoms with Crippen molar-refractivity contribution in [3.05, 3.63) is 28.2 Å². The fraction of sp³-hybridized carbons (Fsp3) is 0.625. The van der Waals surface area contributed by atoms with E-state index in [-0.39, 0.29) is 0 Å². The average molecular weight is 342 g/mol. The summed E-state index contributed by atoms with van der Waals surface area (Å²) in [4.78, 5) is 1.39. The van der Waals surface area contributed by atoms with Crippen LogP contribution in [0, 0.1) is 5.92 Å². The fourth-order valence-electron chi connectivity index (χ4n) is 2.48. The topological polar surface area (TPSA) is 12.0 Å². The van der Waals surface area contributed by atoms with Crippen LogP contribution >= 0.6 is 27.7 Å². The van der Waals surface area contributed by atoms with Crippen LogP contribution in [0.2, 0.25) is 0 Å². The van der Waals surface area contributed by atoms with Crippen molar-refractivity contribution >= 4 is 27.7 Å². The Morgan fingerprint density at radius 1 is 1.32 bits per heavy atom. The largest absolute Gasteiger partial charge is 0.310 e. The summed E-state index contributed by atoms with van der Waals surface area (Å²) < 4.78 is 1.25. The van der Waals surface area contributed by atoms with Gasteiger partial charge in [-0.15, -0.1) is 11.8 Å². The van der Waals surface area contributed by atoms with Crippen LogP contribution < -0.4 is 5.32 Å². The van der Waals surface area contributed by atoms with Crippen molar-refractivity contribution in [2.45, 2.75) is 57.0 Å². The van der Waals surface area contributed by atoms with Crippen LogP contribution in [-0.2, 0) is 6.54 Å². The molecule has 0 aromatic heterocycles. The molecule has 2 rings (SSSR count). The van der Waals surface area contributed by atoms with Crippen LogP contribution in [0.25, 0.3) is 0 Å². The summed E-state index contributed by atoms with van der Waals surface area (Å²) in [7, 11) is 0. The molecule has 19 heavy (non-hydrogen) atoms. The standard InChI is InChI=1S/C16H24BrNS/c1-12(2)18-10-14-7-8-16(15(17)9-14)19-11-13-5-3-4-6-13/h7-9,12-13,18H,3-6,10-11H2,1-2H3. The van der Waals surface area contributed by atoms with Crippen LogP contribution in [-0.4, -0.2) is 11.8 Å². The average Bonchev–Trinajstić information content (AvgIpc) is 2.88. The van der Waals surface area contributed by atoms with Gasteiger partial charge in [0.15, 0.2) is 0 Å². The number of rotatable bonds is 6. The molecule has 106 valence electrons. The molecule has 0 heterocycles. The van der Waals surface area contributed by atoms with Crippen molar-refractivity contribution < 1.29 is 0 Å². The Balaban J connectivity index is 1.87. The Labute approximate surface area is 130 Å². The summed E-state index contributed by atoms with van der Waals surface area (Å²) in [5.41, 5.74) is 1.35. The Hall–Kier alpha value is 0.01000. The maximum Gasteiger partial charge on any atom is 0.0314 e. The van der Waals surface area contributed by atoms with Crippen molar-refractivity contribution in [3.63, 3.8) is 0 Å². The highest BCUT2D eigenvalue weighted by molar-refractivity contribution is 9.10. The monoisotopic (exact) mass is 341 g/mol. The van der Waals surface area contributed by atoms with Crippen molar-refractivity contribution in [1.82, 2.24) is 5.32 Å². The molecule has 0 bridgehead atoms. The lowest BCUT2D eigenvalue weighted by Crippen LogP contribution is -2.21. The zero-order valence-electron chi connectivity index (χ0n) is 11.9. The normalized spacial score (nSPS) is 16.4. The van der Waals surface area contributed by atoms with Crippen molar-refractivity contribution in [3.8, 4) is 0 Å². The van der Waals surface area contributed by atoms with Crippen molar-refractivity contribution in [2.75, 3.05) is 5.75 Å². The Kier molecular flexibility index (Phi) is 6.24. The van der Waals surface area contributed by atoms with Gasteiger partial charge < -0.3 is 5.32 Å². The van der Waals surface area contributed by atoms with Crippen LogP contribution in [0.5, 0.6) is 0 Å². The number of halogens is 1. The molecule has 0 radical (unpaired) electrons. The van der Waals surface area contributed by atoms with E-state index in [9.17, 15) is 0 Å². The van der Waals surface area contributed by atoms with E-state index in [2.05, 4.69) is 53.3 Å². The van der Waals surface area contributed by atoms with E-state index in [0.29, 0.717) is 6.04 Å². The van der Waals surface area contributed by atoms with E-state index in [1.165, 1.54) is 46.4 Å². The predicted octanol–water partition coefficient (Wildman–Crippen LogP) is 5.23. The summed E-state index contributed by atoms with van der Waals surface area (Å²) in [6, 6.07) is 7.31. The zero-order chi connectivity index (χ0) is 13.7. The van der Waals surface area contributed by atoms with Crippen LogP contribution in [0.3, 0.4) is 0 Å². The third-order valence-electron chi connectivity index (χ3n) is 3.66. The molecule has 0 amide bonds. The quantitative estimate of drug-likeness (QED) is 0.711. The van der Waals surface area contributed by atoms with E-state index in [4.69, 9.17) is 0 Å². The molecule has 0 unspecified atom stereocenters. The van der Waals surface area contributed by atoms with Crippen molar-refractivity contribution in [2.24, 2.45) is 5.92 Å². The second-order valence-corrected chi connectivity index (χ2v) is 7.68. The number of hydrogen-bond donors (Lipinski definition) is 1. The van der Waals surface area contributed by atoms with Crippen molar-refractivity contribution in [1.29, 1.82) is 0 Å². The summed E-state index contributed by atoms with van der Waals surface area (Å²) in [5.74, 6) is 2.22. The van der Waals surface area contributed by atoms with Gasteiger partial charge in [0.05, 0.1) is 0 Å². The molecule has 1 fully saturated rings. The van der Waals surface area contributed by atoms with Gasteiger partial charge in [-0.05, 0) is 52.4 Å². The van der Waals surface area contributed by atoms with Crippen LogP contribution in [0.4, 0.5) is 0 Å². The number of benzene rings is 1. The summed E-state index contributed by atoms with van der Waals surface area (Å²) in [6.45, 7) is 5.31. The first-order valence-electron chi connectivity index (χ1n) is 7.30. The first-order chi connectivity index (χ1) is 9.15. The zero-order valence-corrected chi connectivity index (χ0v) is 14.3. The number of nitrogens with one attached hydrogen (secondary N) is 1. The lowest BCUT2D eigenvalue weighted by Gasteiger charge is -2.12. The van der Waals surface area contributed by atoms with Gasteiger partial charge in [0, 0.05) is 27.7 Å². The second-order valence-electron chi connectivity index (χ2n) is 5.76. The van der Waals surface area contributed by atoms with Gasteiger partial charge in [-0.1, -0.05) is 32.8 Å². The third kappa shape index (κ3) is 5.13. The molecule has 0 saturated heterocycles. The molecule has 3 heteroatoms. The molecule has 0 aliphatic heterocycles. The predicted molar refractivity (Wildman–Crippen MR) is 88.8 cm³/mol. The van der Waals surface area contributed by atoms with Gasteiger partial charge in [0.25, 0.3) is 0 Å². The van der Waals surface area contributed by atoms with Gasteiger partial charge in [-0.25, -0.2) is 0 Å². The van der Waals surface area contributed by atoms with Gasteiger partial charge in [0.1, 0.15) is 0 Å². The fourth-order valence-corrected chi connectivity index (χ4v) is 4.36. The van der Waals surface area contributed by atoms with E-state index in [0.717, 1.165) is 12.5 Å². The van der Waals surface area contributed by atoms with E-state index in [1.54, 1.807) is 0 Å². The molecule has 1 nitrogen and oxygen atoms in total. The smallest absolute Gasteiger partial charge is 0.0314 e. The number of hydrogen-bond acceptors (Lipinski definition) is 2. The molecule has 1 aromatic carbocycles. The molecule has 1 aliphatic rings. The van der Waals surface area contributed by atoms with E-state index < -0.39 is 0 Å². The Morgan fingerprint density at radius 3 is 2.68 bits per heavy atom. The SMILES string of the molecule is CC(C)NCc1ccc(SCC2CCCC2)c(Br)c1. The second kappa shape index (κ2) is 7.70. The minimum absolute atomic E-state index is 0.537. The molecule has 0 spiro atoms. The van der Waals surface area contributed by atoms with Crippen LogP contribution in [0.15, 0.2) is 27.6 Å². The Morgan fingerprint density at radius 2 is 2.05 bits per heavy atom. The molecular weight excluding hydrogens is 318 g/mol. The summed E-state index contributed by atoms with van der Waals surface area (Å²) in [5, 5.41) is 3.46. The van der Waals surface area contributed by atoms with Gasteiger partial charge in [0.2, 0.25) is 0 Å². The molecule has 1 aromatic rings. The maximum absolute atomic E-state index is 3.72. The first kappa shape index (κ1) is 15.4. The molecule has 1 aliphatic carbocycles. The van der Waals surface area contributed by atoms with E-state index in [1.807, 2.05) is 11.8 Å². The molecule has 1 saturated carbocycles. The van der Waals surface area contributed by atoms with Crippen LogP contribution in [0.1, 0.15) is 45.1 Å². The lowest BCUT2D eigenvalue weighted by molar-refractivity contribution is 0.588. The maximum atomic E-state index is 3.72. The van der Waals surface area contributed by atoms with E-state index >= 15 is 0 Å². The summed E-state index contributed by atoms with van der Waals surface area (Å²) >= 11 is 5.73. The molecule has 0 atom stereocenters. The highest BCUT2D eigenvalue weighted by Gasteiger charge is 2.15. The third-order valence-corrected chi connectivity index (χ3v) is 5.88. The minimum Gasteiger partial charge on any atom is -0.310 e. The van der Waals surface area contributed by atoms with Gasteiger partial charge >= 0.3 is 0 Å². The first-order valence-corrected chi connectivity index (χ1v) is 9.07. The molecular formula is C16H24BrNS. The van der Waals surface area contributed by atoms with Gasteiger partial charge in [-0.2, -0.15) is 0 Å². The summed E-state index contributed by atoms with van der Waals surface area (Å²) in [6.07, 6.45) is 5.74. The lowest BCUT2D eigenvalue weighted by atomic mass is 10.1. The minimum atomic E-state index is 0.537. The number of thioether (sulfide) groups is 1. The highest BCUT2D eigenvalue weighted by atomic mass is 79.9. The van der Waals surface area contributed by atoms with Gasteiger partial charge in [-0.3, -0.25) is 0 Å². The molecule has 1 N–H and O–H groups in total. The Bertz CT molecular complexity index is 400. The highest BCUT2D eigenvalue weighted by Crippen LogP contribution is 2.34.